The van der Waals surface area contributed by atoms with E-state index >= 15 is 0 Å². The highest BCUT2D eigenvalue weighted by Crippen LogP contribution is 2.26. The number of hydrogen-bond donors (Lipinski definition) is 0. The van der Waals surface area contributed by atoms with E-state index in [0.717, 1.165) is 35.8 Å². The summed E-state index contributed by atoms with van der Waals surface area (Å²) in [6, 6.07) is 7.81. The third-order valence-corrected chi connectivity index (χ3v) is 5.17. The molecule has 0 radical (unpaired) electrons. The lowest BCUT2D eigenvalue weighted by molar-refractivity contribution is -0.133. The number of para-hydroxylation sites is 1. The second-order valence-electron chi connectivity index (χ2n) is 7.03. The number of amides is 1. The SMILES string of the molecule is C[C@@H]1CCCN(C(=O)Cn2c3ccccc3c3cnn(C)c(=O)c32)C1. The van der Waals surface area contributed by atoms with Gasteiger partial charge in [0.1, 0.15) is 12.1 Å². The van der Waals surface area contributed by atoms with Gasteiger partial charge in [-0.1, -0.05) is 25.1 Å². The van der Waals surface area contributed by atoms with Gasteiger partial charge in [0.2, 0.25) is 5.91 Å². The zero-order valence-electron chi connectivity index (χ0n) is 14.6. The number of nitrogens with zero attached hydrogens (tertiary/aromatic N) is 4. The lowest BCUT2D eigenvalue weighted by atomic mass is 10.0. The van der Waals surface area contributed by atoms with Crippen molar-refractivity contribution in [3.05, 3.63) is 40.8 Å². The van der Waals surface area contributed by atoms with Crippen molar-refractivity contribution in [3.63, 3.8) is 0 Å². The highest BCUT2D eigenvalue weighted by Gasteiger charge is 2.23. The predicted octanol–water partition coefficient (Wildman–Crippen LogP) is 2.15. The van der Waals surface area contributed by atoms with Gasteiger partial charge in [0.25, 0.3) is 5.56 Å². The fourth-order valence-electron chi connectivity index (χ4n) is 3.86. The molecule has 3 aromatic rings. The van der Waals surface area contributed by atoms with E-state index in [2.05, 4.69) is 12.0 Å². The molecule has 0 unspecified atom stereocenters. The van der Waals surface area contributed by atoms with Gasteiger partial charge in [-0.2, -0.15) is 5.10 Å². The van der Waals surface area contributed by atoms with Crippen LogP contribution in [0.15, 0.2) is 35.3 Å². The van der Waals surface area contributed by atoms with Crippen LogP contribution in [0.3, 0.4) is 0 Å². The van der Waals surface area contributed by atoms with Gasteiger partial charge in [-0.05, 0) is 24.8 Å². The van der Waals surface area contributed by atoms with Crippen molar-refractivity contribution in [1.82, 2.24) is 19.2 Å². The topological polar surface area (TPSA) is 60.1 Å². The zero-order chi connectivity index (χ0) is 17.6. The van der Waals surface area contributed by atoms with E-state index in [-0.39, 0.29) is 18.0 Å². The fourth-order valence-corrected chi connectivity index (χ4v) is 3.86. The smallest absolute Gasteiger partial charge is 0.291 e. The number of hydrogen-bond acceptors (Lipinski definition) is 3. The Labute approximate surface area is 145 Å². The first-order valence-electron chi connectivity index (χ1n) is 8.77. The maximum atomic E-state index is 12.9. The molecule has 1 aliphatic rings. The molecule has 6 nitrogen and oxygen atoms in total. The number of fused-ring (bicyclic) bond motifs is 3. The summed E-state index contributed by atoms with van der Waals surface area (Å²) in [6.07, 6.45) is 3.93. The van der Waals surface area contributed by atoms with E-state index in [1.54, 1.807) is 13.2 Å². The molecule has 0 N–H and O–H groups in total. The number of benzene rings is 1. The molecule has 0 bridgehead atoms. The van der Waals surface area contributed by atoms with Crippen molar-refractivity contribution >= 4 is 27.7 Å². The summed E-state index contributed by atoms with van der Waals surface area (Å²) >= 11 is 0. The summed E-state index contributed by atoms with van der Waals surface area (Å²) < 4.78 is 3.18. The van der Waals surface area contributed by atoms with E-state index in [4.69, 9.17) is 0 Å². The molecule has 0 aliphatic carbocycles. The average Bonchev–Trinajstić information content (AvgIpc) is 2.93. The Morgan fingerprint density at radius 2 is 2.08 bits per heavy atom. The molecule has 1 atom stereocenters. The minimum absolute atomic E-state index is 0.0769. The summed E-state index contributed by atoms with van der Waals surface area (Å²) in [6.45, 7) is 3.98. The summed E-state index contributed by atoms with van der Waals surface area (Å²) in [4.78, 5) is 27.5. The minimum Gasteiger partial charge on any atom is -0.341 e. The van der Waals surface area contributed by atoms with Gasteiger partial charge in [0.05, 0.1) is 6.20 Å². The standard InChI is InChI=1S/C19H22N4O2/c1-13-6-5-9-22(11-13)17(24)12-23-16-8-4-3-7-14(16)15-10-20-21(2)19(25)18(15)23/h3-4,7-8,10,13H,5-6,9,11-12H2,1-2H3/t13-/m1/s1. The Bertz CT molecular complexity index is 1020. The van der Waals surface area contributed by atoms with Crippen molar-refractivity contribution < 1.29 is 4.79 Å². The monoisotopic (exact) mass is 338 g/mol. The number of likely N-dealkylation sites (tertiary alicyclic amines) is 1. The molecule has 4 rings (SSSR count). The molecular formula is C19H22N4O2. The Morgan fingerprint density at radius 3 is 2.88 bits per heavy atom. The van der Waals surface area contributed by atoms with Crippen molar-refractivity contribution in [3.8, 4) is 0 Å². The maximum Gasteiger partial charge on any atom is 0.291 e. The van der Waals surface area contributed by atoms with Crippen LogP contribution in [0.25, 0.3) is 21.8 Å². The largest absolute Gasteiger partial charge is 0.341 e. The molecule has 0 saturated carbocycles. The number of piperidine rings is 1. The molecule has 3 heterocycles. The van der Waals surface area contributed by atoms with Gasteiger partial charge in [0, 0.05) is 36.4 Å². The van der Waals surface area contributed by atoms with Crippen LogP contribution in [0.4, 0.5) is 0 Å². The first kappa shape index (κ1) is 15.9. The second kappa shape index (κ2) is 6.02. The lowest BCUT2D eigenvalue weighted by Crippen LogP contribution is -2.41. The molecule has 1 fully saturated rings. The van der Waals surface area contributed by atoms with Crippen LogP contribution in [0, 0.1) is 5.92 Å². The number of aromatic nitrogens is 3. The predicted molar refractivity (Wildman–Crippen MR) is 97.5 cm³/mol. The third kappa shape index (κ3) is 2.62. The van der Waals surface area contributed by atoms with E-state index in [9.17, 15) is 9.59 Å². The molecule has 1 aromatic carbocycles. The van der Waals surface area contributed by atoms with Crippen LogP contribution in [0.5, 0.6) is 0 Å². The average molecular weight is 338 g/mol. The molecular weight excluding hydrogens is 316 g/mol. The highest BCUT2D eigenvalue weighted by molar-refractivity contribution is 6.07. The zero-order valence-corrected chi connectivity index (χ0v) is 14.6. The van der Waals surface area contributed by atoms with Gasteiger partial charge < -0.3 is 9.47 Å². The van der Waals surface area contributed by atoms with Gasteiger partial charge in [-0.25, -0.2) is 4.68 Å². The summed E-state index contributed by atoms with van der Waals surface area (Å²) in [5.41, 5.74) is 1.28. The van der Waals surface area contributed by atoms with E-state index < -0.39 is 0 Å². The number of carbonyl (C=O) groups is 1. The van der Waals surface area contributed by atoms with Crippen LogP contribution >= 0.6 is 0 Å². The van der Waals surface area contributed by atoms with Crippen LogP contribution in [0.1, 0.15) is 19.8 Å². The normalized spacial score (nSPS) is 18.2. The fraction of sp³-hybridized carbons (Fsp3) is 0.421. The lowest BCUT2D eigenvalue weighted by Gasteiger charge is -2.31. The van der Waals surface area contributed by atoms with Crippen molar-refractivity contribution in [1.29, 1.82) is 0 Å². The third-order valence-electron chi connectivity index (χ3n) is 5.17. The van der Waals surface area contributed by atoms with Crippen LogP contribution < -0.4 is 5.56 Å². The first-order valence-corrected chi connectivity index (χ1v) is 8.77. The summed E-state index contributed by atoms with van der Waals surface area (Å²) in [5.74, 6) is 0.612. The molecule has 2 aromatic heterocycles. The molecule has 0 spiro atoms. The quantitative estimate of drug-likeness (QED) is 0.719. The van der Waals surface area contributed by atoms with Crippen LogP contribution in [-0.2, 0) is 18.4 Å². The molecule has 6 heteroatoms. The Morgan fingerprint density at radius 1 is 1.28 bits per heavy atom. The van der Waals surface area contributed by atoms with E-state index in [1.807, 2.05) is 33.7 Å². The van der Waals surface area contributed by atoms with Gasteiger partial charge in [0.15, 0.2) is 0 Å². The Hall–Kier alpha value is -2.63. The number of rotatable bonds is 2. The van der Waals surface area contributed by atoms with Gasteiger partial charge in [-0.3, -0.25) is 9.59 Å². The number of aryl methyl sites for hydroxylation is 1. The Kier molecular flexibility index (Phi) is 3.82. The molecule has 25 heavy (non-hydrogen) atoms. The van der Waals surface area contributed by atoms with Gasteiger partial charge >= 0.3 is 0 Å². The molecule has 1 amide bonds. The van der Waals surface area contributed by atoms with Crippen molar-refractivity contribution in [2.45, 2.75) is 26.3 Å². The van der Waals surface area contributed by atoms with E-state index in [1.165, 1.54) is 11.1 Å². The first-order chi connectivity index (χ1) is 12.1. The highest BCUT2D eigenvalue weighted by atomic mass is 16.2. The van der Waals surface area contributed by atoms with Gasteiger partial charge in [-0.15, -0.1) is 0 Å². The summed E-state index contributed by atoms with van der Waals surface area (Å²) in [7, 11) is 1.64. The van der Waals surface area contributed by atoms with Crippen LogP contribution in [0.2, 0.25) is 0 Å². The number of carbonyl (C=O) groups excluding carboxylic acids is 1. The van der Waals surface area contributed by atoms with Crippen LogP contribution in [-0.4, -0.2) is 38.2 Å². The molecule has 1 aliphatic heterocycles. The van der Waals surface area contributed by atoms with Crippen molar-refractivity contribution in [2.24, 2.45) is 13.0 Å². The molecule has 130 valence electrons. The van der Waals surface area contributed by atoms with Crippen molar-refractivity contribution in [2.75, 3.05) is 13.1 Å². The summed E-state index contributed by atoms with van der Waals surface area (Å²) in [5, 5.41) is 5.91. The maximum absolute atomic E-state index is 12.9. The Balaban J connectivity index is 1.83. The van der Waals surface area contributed by atoms with E-state index in [0.29, 0.717) is 11.4 Å². The minimum atomic E-state index is -0.173. The second-order valence-corrected chi connectivity index (χ2v) is 7.03. The molecule has 1 saturated heterocycles.